The molecule has 30 heavy (non-hydrogen) atoms. The maximum atomic E-state index is 13.8. The van der Waals surface area contributed by atoms with Gasteiger partial charge in [-0.2, -0.15) is 0 Å². The molecule has 6 nitrogen and oxygen atoms in total. The molecule has 1 spiro atoms. The van der Waals surface area contributed by atoms with Gasteiger partial charge in [-0.3, -0.25) is 14.4 Å². The molecule has 2 bridgehead atoms. The lowest BCUT2D eigenvalue weighted by atomic mass is 9.48. The Morgan fingerprint density at radius 2 is 1.77 bits per heavy atom. The highest BCUT2D eigenvalue weighted by atomic mass is 16.7. The highest BCUT2D eigenvalue weighted by Gasteiger charge is 2.68. The van der Waals surface area contributed by atoms with Crippen molar-refractivity contribution >= 4 is 17.5 Å². The molecule has 3 saturated carbocycles. The predicted molar refractivity (Wildman–Crippen MR) is 109 cm³/mol. The lowest BCUT2D eigenvalue weighted by Crippen LogP contribution is -2.69. The third kappa shape index (κ3) is 2.85. The summed E-state index contributed by atoms with van der Waals surface area (Å²) in [7, 11) is 1.69. The van der Waals surface area contributed by atoms with Crippen LogP contribution < -0.4 is 0 Å². The Morgan fingerprint density at radius 1 is 1.03 bits per heavy atom. The van der Waals surface area contributed by atoms with Crippen LogP contribution in [0.1, 0.15) is 79.1 Å². The third-order valence-electron chi connectivity index (χ3n) is 9.38. The number of esters is 1. The van der Waals surface area contributed by atoms with Gasteiger partial charge in [0, 0.05) is 50.0 Å². The first-order chi connectivity index (χ1) is 14.0. The molecule has 5 aliphatic rings. The van der Waals surface area contributed by atoms with Crippen LogP contribution >= 0.6 is 0 Å². The second-order valence-corrected chi connectivity index (χ2v) is 10.8. The second-order valence-electron chi connectivity index (χ2n) is 10.8. The first-order valence-corrected chi connectivity index (χ1v) is 11.4. The number of ketones is 2. The van der Waals surface area contributed by atoms with Crippen LogP contribution in [0.15, 0.2) is 0 Å². The number of carbonyl (C=O) groups is 3. The number of hydrogen-bond acceptors (Lipinski definition) is 6. The summed E-state index contributed by atoms with van der Waals surface area (Å²) in [6, 6.07) is 0. The zero-order valence-corrected chi connectivity index (χ0v) is 19.0. The average molecular weight is 421 g/mol. The number of carbonyl (C=O) groups excluding carboxylic acids is 3. The van der Waals surface area contributed by atoms with Crippen LogP contribution in [0.3, 0.4) is 0 Å². The van der Waals surface area contributed by atoms with Gasteiger partial charge in [0.05, 0.1) is 12.0 Å². The normalized spacial score (nSPS) is 45.6. The SMILES string of the molecule is COC12CCC3(CO1)C(=O)CCC1(C)C(OC(C)=O)CCC1C(=O)CCC3C2(C)C. The molecule has 0 radical (unpaired) electrons. The largest absolute Gasteiger partial charge is 0.462 e. The van der Waals surface area contributed by atoms with Gasteiger partial charge in [-0.1, -0.05) is 20.8 Å². The van der Waals surface area contributed by atoms with E-state index in [1.807, 2.05) is 6.92 Å². The van der Waals surface area contributed by atoms with E-state index < -0.39 is 16.6 Å². The molecule has 168 valence electrons. The van der Waals surface area contributed by atoms with Crippen molar-refractivity contribution in [3.63, 3.8) is 0 Å². The summed E-state index contributed by atoms with van der Waals surface area (Å²) in [5.41, 5.74) is -1.38. The number of rotatable bonds is 2. The van der Waals surface area contributed by atoms with Crippen molar-refractivity contribution in [2.24, 2.45) is 28.1 Å². The van der Waals surface area contributed by atoms with Crippen molar-refractivity contribution < 1.29 is 28.6 Å². The molecule has 5 fully saturated rings. The van der Waals surface area contributed by atoms with E-state index in [9.17, 15) is 14.4 Å². The van der Waals surface area contributed by atoms with Crippen LogP contribution in [-0.4, -0.2) is 43.1 Å². The van der Waals surface area contributed by atoms with Crippen LogP contribution in [0, 0.1) is 28.1 Å². The molecule has 0 aromatic heterocycles. The van der Waals surface area contributed by atoms with Crippen molar-refractivity contribution in [1.29, 1.82) is 0 Å². The van der Waals surface area contributed by atoms with E-state index in [4.69, 9.17) is 14.2 Å². The maximum Gasteiger partial charge on any atom is 0.302 e. The molecule has 2 heterocycles. The average Bonchev–Trinajstić information content (AvgIpc) is 3.01. The molecule has 0 N–H and O–H groups in total. The summed E-state index contributed by atoms with van der Waals surface area (Å²) in [5, 5.41) is 0. The fourth-order valence-electron chi connectivity index (χ4n) is 7.54. The van der Waals surface area contributed by atoms with E-state index in [2.05, 4.69) is 13.8 Å². The summed E-state index contributed by atoms with van der Waals surface area (Å²) in [6.45, 7) is 8.09. The Labute approximate surface area is 179 Å². The van der Waals surface area contributed by atoms with Gasteiger partial charge < -0.3 is 14.2 Å². The summed E-state index contributed by atoms with van der Waals surface area (Å²) in [4.78, 5) is 38.8. The van der Waals surface area contributed by atoms with Crippen molar-refractivity contribution in [2.45, 2.75) is 91.0 Å². The molecule has 6 heteroatoms. The monoisotopic (exact) mass is 420 g/mol. The summed E-state index contributed by atoms with van der Waals surface area (Å²) in [6.07, 6.45) is 4.67. The zero-order valence-electron chi connectivity index (χ0n) is 19.0. The van der Waals surface area contributed by atoms with Crippen LogP contribution in [0.2, 0.25) is 0 Å². The molecule has 2 saturated heterocycles. The van der Waals surface area contributed by atoms with Crippen molar-refractivity contribution in [3.05, 3.63) is 0 Å². The fraction of sp³-hybridized carbons (Fsp3) is 0.875. The molecule has 2 aliphatic heterocycles. The topological polar surface area (TPSA) is 78.9 Å². The van der Waals surface area contributed by atoms with Crippen molar-refractivity contribution in [3.8, 4) is 0 Å². The van der Waals surface area contributed by atoms with E-state index in [-0.39, 0.29) is 40.9 Å². The molecule has 0 amide bonds. The number of hydrogen-bond donors (Lipinski definition) is 0. The minimum atomic E-state index is -0.685. The van der Waals surface area contributed by atoms with Crippen LogP contribution in [-0.2, 0) is 28.6 Å². The molecule has 0 aromatic rings. The molecule has 3 aliphatic carbocycles. The molecule has 5 rings (SSSR count). The summed E-state index contributed by atoms with van der Waals surface area (Å²) >= 11 is 0. The Bertz CT molecular complexity index is 747. The zero-order chi connectivity index (χ0) is 21.9. The van der Waals surface area contributed by atoms with Gasteiger partial charge in [0.25, 0.3) is 0 Å². The molecular weight excluding hydrogens is 384 g/mol. The van der Waals surface area contributed by atoms with Gasteiger partial charge in [0.1, 0.15) is 17.7 Å². The predicted octanol–water partition coefficient (Wildman–Crippen LogP) is 3.84. The number of fused-ring (bicyclic) bond motifs is 3. The van der Waals surface area contributed by atoms with E-state index in [1.165, 1.54) is 6.92 Å². The van der Waals surface area contributed by atoms with Crippen molar-refractivity contribution in [2.75, 3.05) is 13.7 Å². The highest BCUT2D eigenvalue weighted by Crippen LogP contribution is 2.64. The van der Waals surface area contributed by atoms with Crippen LogP contribution in [0.5, 0.6) is 0 Å². The Kier molecular flexibility index (Phi) is 5.21. The summed E-state index contributed by atoms with van der Waals surface area (Å²) < 4.78 is 17.7. The lowest BCUT2D eigenvalue weighted by Gasteiger charge is -2.65. The van der Waals surface area contributed by atoms with Gasteiger partial charge >= 0.3 is 5.97 Å². The molecule has 6 atom stereocenters. The van der Waals surface area contributed by atoms with Gasteiger partial charge in [0.2, 0.25) is 0 Å². The molecule has 6 unspecified atom stereocenters. The first kappa shape index (κ1) is 21.9. The standard InChI is InChI=1S/C24H36O6/c1-15(25)30-20-9-6-16-17(26)7-8-18-21(2,3)24(28-5)13-12-23(18,14-29-24)19(27)10-11-22(16,20)4/h16,18,20H,6-14H2,1-5H3. The molecular formula is C24H36O6. The fourth-order valence-corrected chi connectivity index (χ4v) is 7.54. The first-order valence-electron chi connectivity index (χ1n) is 11.4. The van der Waals surface area contributed by atoms with E-state index in [0.29, 0.717) is 45.1 Å². The smallest absolute Gasteiger partial charge is 0.302 e. The summed E-state index contributed by atoms with van der Waals surface area (Å²) in [5.74, 6) is -0.606. The number of Topliss-reactive ketones (excluding diaryl/α,β-unsaturated/α-hetero) is 2. The minimum absolute atomic E-state index is 0.0546. The Morgan fingerprint density at radius 3 is 2.37 bits per heavy atom. The van der Waals surface area contributed by atoms with Crippen molar-refractivity contribution in [1.82, 2.24) is 0 Å². The van der Waals surface area contributed by atoms with Crippen LogP contribution in [0.25, 0.3) is 0 Å². The number of methoxy groups -OCH3 is 1. The quantitative estimate of drug-likeness (QED) is 0.632. The van der Waals surface area contributed by atoms with E-state index in [1.54, 1.807) is 7.11 Å². The third-order valence-corrected chi connectivity index (χ3v) is 9.38. The molecule has 0 aromatic carbocycles. The Hall–Kier alpha value is -1.27. The second kappa shape index (κ2) is 7.13. The van der Waals surface area contributed by atoms with E-state index in [0.717, 1.165) is 12.8 Å². The maximum absolute atomic E-state index is 13.8. The van der Waals surface area contributed by atoms with Gasteiger partial charge in [-0.25, -0.2) is 0 Å². The Balaban J connectivity index is 1.69. The number of ether oxygens (including phenoxy) is 3. The van der Waals surface area contributed by atoms with E-state index >= 15 is 0 Å². The van der Waals surface area contributed by atoms with Crippen LogP contribution in [0.4, 0.5) is 0 Å². The lowest BCUT2D eigenvalue weighted by molar-refractivity contribution is -0.372. The highest BCUT2D eigenvalue weighted by molar-refractivity contribution is 5.87. The van der Waals surface area contributed by atoms with Gasteiger partial charge in [0.15, 0.2) is 5.79 Å². The van der Waals surface area contributed by atoms with Gasteiger partial charge in [-0.15, -0.1) is 0 Å². The minimum Gasteiger partial charge on any atom is -0.462 e. The van der Waals surface area contributed by atoms with Gasteiger partial charge in [-0.05, 0) is 38.0 Å².